The van der Waals surface area contributed by atoms with E-state index in [2.05, 4.69) is 16.8 Å². The molecule has 1 unspecified atom stereocenters. The van der Waals surface area contributed by atoms with Crippen LogP contribution in [0.5, 0.6) is 0 Å². The molecule has 3 rings (SSSR count). The second kappa shape index (κ2) is 6.64. The van der Waals surface area contributed by atoms with Gasteiger partial charge in [-0.2, -0.15) is 4.80 Å². The van der Waals surface area contributed by atoms with Gasteiger partial charge >= 0.3 is 5.97 Å². The van der Waals surface area contributed by atoms with Crippen LogP contribution in [0.1, 0.15) is 12.5 Å². The van der Waals surface area contributed by atoms with E-state index in [0.29, 0.717) is 0 Å². The first-order valence-corrected chi connectivity index (χ1v) is 7.49. The van der Waals surface area contributed by atoms with E-state index in [4.69, 9.17) is 4.74 Å². The van der Waals surface area contributed by atoms with Crippen molar-refractivity contribution in [3.8, 4) is 5.69 Å². The van der Waals surface area contributed by atoms with Crippen molar-refractivity contribution >= 4 is 17.0 Å². The van der Waals surface area contributed by atoms with Crippen molar-refractivity contribution < 1.29 is 14.6 Å². The highest BCUT2D eigenvalue weighted by Gasteiger charge is 2.13. The van der Waals surface area contributed by atoms with E-state index < -0.39 is 12.3 Å². The Kier molecular flexibility index (Phi) is 4.39. The Morgan fingerprint density at radius 1 is 1.21 bits per heavy atom. The van der Waals surface area contributed by atoms with E-state index in [1.54, 1.807) is 4.80 Å². The van der Waals surface area contributed by atoms with Gasteiger partial charge in [0.15, 0.2) is 0 Å². The predicted octanol–water partition coefficient (Wildman–Crippen LogP) is 2.40. The van der Waals surface area contributed by atoms with Crippen molar-refractivity contribution in [3.63, 3.8) is 0 Å². The summed E-state index contributed by atoms with van der Waals surface area (Å²) in [7, 11) is 0. The highest BCUT2D eigenvalue weighted by molar-refractivity contribution is 5.87. The van der Waals surface area contributed by atoms with E-state index in [0.717, 1.165) is 22.3 Å². The maximum atomic E-state index is 11.4. The molecular weight excluding hydrogens is 306 g/mol. The van der Waals surface area contributed by atoms with Crippen molar-refractivity contribution in [2.45, 2.75) is 19.6 Å². The van der Waals surface area contributed by atoms with Gasteiger partial charge in [-0.05, 0) is 36.8 Å². The molecule has 0 fully saturated rings. The van der Waals surface area contributed by atoms with E-state index in [1.165, 1.54) is 6.92 Å². The maximum absolute atomic E-state index is 11.4. The number of rotatable bonds is 5. The normalized spacial score (nSPS) is 12.1. The molecule has 0 amide bonds. The number of aliphatic hydroxyl groups is 1. The van der Waals surface area contributed by atoms with Crippen molar-refractivity contribution in [2.75, 3.05) is 0 Å². The smallest absolute Gasteiger partial charge is 0.335 e. The third-order valence-electron chi connectivity index (χ3n) is 3.43. The van der Waals surface area contributed by atoms with Gasteiger partial charge in [-0.25, -0.2) is 4.79 Å². The van der Waals surface area contributed by atoms with Gasteiger partial charge in [-0.15, -0.1) is 10.2 Å². The molecule has 0 spiro atoms. The van der Waals surface area contributed by atoms with E-state index >= 15 is 0 Å². The van der Waals surface area contributed by atoms with Gasteiger partial charge < -0.3 is 9.84 Å². The zero-order valence-electron chi connectivity index (χ0n) is 13.2. The number of carbonyl (C=O) groups excluding carboxylic acids is 1. The molecule has 3 aromatic rings. The Bertz CT molecular complexity index is 868. The number of aliphatic hydroxyl groups excluding tert-OH is 1. The minimum absolute atomic E-state index is 0.174. The minimum atomic E-state index is -1.23. The summed E-state index contributed by atoms with van der Waals surface area (Å²) in [6.07, 6.45) is -1.05. The molecule has 0 radical (unpaired) electrons. The van der Waals surface area contributed by atoms with Crippen LogP contribution >= 0.6 is 0 Å². The largest absolute Gasteiger partial charge is 0.432 e. The van der Waals surface area contributed by atoms with Crippen LogP contribution in [0, 0.1) is 0 Å². The van der Waals surface area contributed by atoms with Gasteiger partial charge in [0.05, 0.1) is 5.69 Å². The zero-order chi connectivity index (χ0) is 17.1. The Morgan fingerprint density at radius 2 is 1.88 bits per heavy atom. The number of fused-ring (bicyclic) bond motifs is 1. The molecule has 6 heteroatoms. The third kappa shape index (κ3) is 3.49. The molecule has 2 aromatic carbocycles. The fraction of sp³-hybridized carbons (Fsp3) is 0.167. The summed E-state index contributed by atoms with van der Waals surface area (Å²) in [4.78, 5) is 13.0. The zero-order valence-corrected chi connectivity index (χ0v) is 13.2. The van der Waals surface area contributed by atoms with Gasteiger partial charge in [0.1, 0.15) is 11.0 Å². The van der Waals surface area contributed by atoms with Crippen LogP contribution in [-0.2, 0) is 16.0 Å². The summed E-state index contributed by atoms with van der Waals surface area (Å²) in [5, 5.41) is 18.7. The van der Waals surface area contributed by atoms with Crippen LogP contribution in [0.2, 0.25) is 0 Å². The van der Waals surface area contributed by atoms with Gasteiger partial charge in [0, 0.05) is 12.0 Å². The molecule has 1 N–H and O–H groups in total. The summed E-state index contributed by atoms with van der Waals surface area (Å²) in [5.74, 6) is -0.612. The van der Waals surface area contributed by atoms with Crippen molar-refractivity contribution in [1.82, 2.24) is 15.0 Å². The summed E-state index contributed by atoms with van der Waals surface area (Å²) in [6.45, 7) is 5.02. The van der Waals surface area contributed by atoms with Crippen LogP contribution in [0.3, 0.4) is 0 Å². The standard InChI is InChI=1S/C18H17N3O3/c1-12(2)18(23)24-17(22)11-13-6-5-7-14(10-13)21-19-15-8-3-4-9-16(15)20-21/h3-10,17,22H,1,11H2,2H3. The summed E-state index contributed by atoms with van der Waals surface area (Å²) >= 11 is 0. The van der Waals surface area contributed by atoms with Crippen molar-refractivity contribution in [3.05, 3.63) is 66.2 Å². The van der Waals surface area contributed by atoms with E-state index in [1.807, 2.05) is 48.5 Å². The molecule has 24 heavy (non-hydrogen) atoms. The first-order valence-electron chi connectivity index (χ1n) is 7.49. The maximum Gasteiger partial charge on any atom is 0.335 e. The van der Waals surface area contributed by atoms with Crippen LogP contribution < -0.4 is 0 Å². The minimum Gasteiger partial charge on any atom is -0.432 e. The Labute approximate surface area is 139 Å². The second-order valence-corrected chi connectivity index (χ2v) is 5.49. The van der Waals surface area contributed by atoms with Crippen LogP contribution in [0.15, 0.2) is 60.7 Å². The molecule has 1 atom stereocenters. The second-order valence-electron chi connectivity index (χ2n) is 5.49. The van der Waals surface area contributed by atoms with Crippen LogP contribution in [0.25, 0.3) is 16.7 Å². The molecule has 1 aromatic heterocycles. The van der Waals surface area contributed by atoms with Gasteiger partial charge in [-0.1, -0.05) is 30.8 Å². The third-order valence-corrected chi connectivity index (χ3v) is 3.43. The van der Waals surface area contributed by atoms with Crippen LogP contribution in [0.4, 0.5) is 0 Å². The summed E-state index contributed by atoms with van der Waals surface area (Å²) in [5.41, 5.74) is 3.42. The Morgan fingerprint density at radius 3 is 2.50 bits per heavy atom. The SMILES string of the molecule is C=C(C)C(=O)OC(O)Cc1cccc(-n2nc3ccccc3n2)c1. The number of hydrogen-bond acceptors (Lipinski definition) is 5. The lowest BCUT2D eigenvalue weighted by molar-refractivity contribution is -0.162. The summed E-state index contributed by atoms with van der Waals surface area (Å²) in [6, 6.07) is 15.0. The van der Waals surface area contributed by atoms with Gasteiger partial charge in [0.25, 0.3) is 0 Å². The molecular formula is C18H17N3O3. The van der Waals surface area contributed by atoms with Gasteiger partial charge in [-0.3, -0.25) is 0 Å². The number of benzene rings is 2. The number of esters is 1. The molecule has 0 aliphatic rings. The Balaban J connectivity index is 1.79. The Hall–Kier alpha value is -2.99. The molecule has 0 aliphatic carbocycles. The highest BCUT2D eigenvalue weighted by atomic mass is 16.6. The first-order chi connectivity index (χ1) is 11.5. The number of ether oxygens (including phenoxy) is 1. The number of nitrogens with zero attached hydrogens (tertiary/aromatic N) is 3. The predicted molar refractivity (Wildman–Crippen MR) is 89.5 cm³/mol. The van der Waals surface area contributed by atoms with Crippen molar-refractivity contribution in [1.29, 1.82) is 0 Å². The molecule has 0 saturated heterocycles. The molecule has 122 valence electrons. The highest BCUT2D eigenvalue weighted by Crippen LogP contribution is 2.15. The average Bonchev–Trinajstić information content (AvgIpc) is 2.99. The average molecular weight is 323 g/mol. The number of hydrogen-bond donors (Lipinski definition) is 1. The number of aromatic nitrogens is 3. The van der Waals surface area contributed by atoms with Gasteiger partial charge in [0.2, 0.25) is 6.29 Å². The lowest BCUT2D eigenvalue weighted by Crippen LogP contribution is -2.20. The van der Waals surface area contributed by atoms with E-state index in [-0.39, 0.29) is 12.0 Å². The molecule has 1 heterocycles. The molecule has 0 bridgehead atoms. The fourth-order valence-corrected chi connectivity index (χ4v) is 2.25. The summed E-state index contributed by atoms with van der Waals surface area (Å²) < 4.78 is 4.89. The lowest BCUT2D eigenvalue weighted by Gasteiger charge is -2.12. The lowest BCUT2D eigenvalue weighted by atomic mass is 10.1. The van der Waals surface area contributed by atoms with E-state index in [9.17, 15) is 9.90 Å². The van der Waals surface area contributed by atoms with Crippen LogP contribution in [-0.4, -0.2) is 32.4 Å². The monoisotopic (exact) mass is 323 g/mol. The number of carbonyl (C=O) groups is 1. The molecule has 0 saturated carbocycles. The molecule has 6 nitrogen and oxygen atoms in total. The topological polar surface area (TPSA) is 77.2 Å². The quantitative estimate of drug-likeness (QED) is 0.443. The molecule has 0 aliphatic heterocycles. The first kappa shape index (κ1) is 15.9. The fourth-order valence-electron chi connectivity index (χ4n) is 2.25. The van der Waals surface area contributed by atoms with Crippen molar-refractivity contribution in [2.24, 2.45) is 0 Å².